The second-order valence-electron chi connectivity index (χ2n) is 5.42. The van der Waals surface area contributed by atoms with Gasteiger partial charge in [0.05, 0.1) is 11.8 Å². The summed E-state index contributed by atoms with van der Waals surface area (Å²) in [7, 11) is 0. The van der Waals surface area contributed by atoms with Crippen LogP contribution in [0, 0.1) is 23.2 Å². The molecule has 0 radical (unpaired) electrons. The van der Waals surface area contributed by atoms with Gasteiger partial charge in [0.15, 0.2) is 0 Å². The molecule has 0 saturated heterocycles. The molecule has 0 aromatic rings. The zero-order chi connectivity index (χ0) is 13.2. The molecule has 0 aromatic carbocycles. The Morgan fingerprint density at radius 2 is 2.00 bits per heavy atom. The molecule has 1 aliphatic carbocycles. The zero-order valence-electron chi connectivity index (χ0n) is 10.8. The highest BCUT2D eigenvalue weighted by Crippen LogP contribution is 2.58. The van der Waals surface area contributed by atoms with Crippen LogP contribution in [0.3, 0.4) is 0 Å². The van der Waals surface area contributed by atoms with E-state index < -0.39 is 17.3 Å². The second-order valence-corrected chi connectivity index (χ2v) is 6.33. The molecule has 0 spiro atoms. The van der Waals surface area contributed by atoms with Crippen molar-refractivity contribution in [3.05, 3.63) is 0 Å². The summed E-state index contributed by atoms with van der Waals surface area (Å²) in [6.45, 7) is 6.37. The summed E-state index contributed by atoms with van der Waals surface area (Å²) in [6, 6.07) is 0. The molecule has 0 aliphatic heterocycles. The number of carboxylic acids is 1. The molecule has 98 valence electrons. The highest BCUT2D eigenvalue weighted by molar-refractivity contribution is 7.98. The summed E-state index contributed by atoms with van der Waals surface area (Å²) in [5, 5.41) is 11.8. The van der Waals surface area contributed by atoms with Gasteiger partial charge in [0.1, 0.15) is 0 Å². The number of nitrogens with one attached hydrogen (secondary N) is 1. The van der Waals surface area contributed by atoms with Crippen molar-refractivity contribution in [3.8, 4) is 0 Å². The van der Waals surface area contributed by atoms with Gasteiger partial charge in [-0.3, -0.25) is 9.59 Å². The van der Waals surface area contributed by atoms with Gasteiger partial charge in [-0.05, 0) is 23.3 Å². The fourth-order valence-electron chi connectivity index (χ4n) is 2.32. The highest BCUT2D eigenvalue weighted by Gasteiger charge is 2.65. The Morgan fingerprint density at radius 1 is 1.41 bits per heavy atom. The van der Waals surface area contributed by atoms with E-state index in [4.69, 9.17) is 5.11 Å². The smallest absolute Gasteiger partial charge is 0.307 e. The van der Waals surface area contributed by atoms with Crippen LogP contribution in [0.1, 0.15) is 20.8 Å². The molecule has 1 saturated carbocycles. The fraction of sp³-hybridized carbons (Fsp3) is 0.833. The van der Waals surface area contributed by atoms with Crippen molar-refractivity contribution in [1.82, 2.24) is 5.32 Å². The molecule has 3 unspecified atom stereocenters. The van der Waals surface area contributed by atoms with Crippen LogP contribution in [0.15, 0.2) is 0 Å². The van der Waals surface area contributed by atoms with Crippen LogP contribution < -0.4 is 5.32 Å². The maximum Gasteiger partial charge on any atom is 0.307 e. The summed E-state index contributed by atoms with van der Waals surface area (Å²) in [4.78, 5) is 22.8. The fourth-order valence-corrected chi connectivity index (χ4v) is 3.00. The average molecular weight is 259 g/mol. The monoisotopic (exact) mass is 259 g/mol. The number of carbonyl (C=O) groups is 2. The molecule has 4 nitrogen and oxygen atoms in total. The third kappa shape index (κ3) is 3.15. The lowest BCUT2D eigenvalue weighted by Crippen LogP contribution is -2.31. The van der Waals surface area contributed by atoms with Crippen LogP contribution in [0.4, 0.5) is 0 Å². The van der Waals surface area contributed by atoms with Gasteiger partial charge >= 0.3 is 5.97 Å². The number of aliphatic carboxylic acids is 1. The van der Waals surface area contributed by atoms with Crippen LogP contribution in [-0.4, -0.2) is 35.5 Å². The van der Waals surface area contributed by atoms with Crippen molar-refractivity contribution in [3.63, 3.8) is 0 Å². The lowest BCUT2D eigenvalue weighted by Gasteiger charge is -2.11. The number of amides is 1. The van der Waals surface area contributed by atoms with Crippen LogP contribution in [0.2, 0.25) is 0 Å². The van der Waals surface area contributed by atoms with Crippen LogP contribution in [0.5, 0.6) is 0 Å². The molecule has 5 heteroatoms. The molecule has 1 aliphatic rings. The SMILES string of the molecule is CSCC(C)CNC(=O)C1C(C(=O)O)C1(C)C. The molecule has 3 atom stereocenters. The molecule has 0 aromatic heterocycles. The summed E-state index contributed by atoms with van der Waals surface area (Å²) in [5.41, 5.74) is -0.404. The van der Waals surface area contributed by atoms with Gasteiger partial charge in [-0.1, -0.05) is 20.8 Å². The Bertz CT molecular complexity index is 317. The molecule has 2 N–H and O–H groups in total. The van der Waals surface area contributed by atoms with Crippen molar-refractivity contribution in [1.29, 1.82) is 0 Å². The summed E-state index contributed by atoms with van der Waals surface area (Å²) in [5.74, 6) is -0.474. The van der Waals surface area contributed by atoms with Gasteiger partial charge in [0, 0.05) is 6.54 Å². The van der Waals surface area contributed by atoms with E-state index in [1.165, 1.54) is 0 Å². The number of rotatable bonds is 6. The zero-order valence-corrected chi connectivity index (χ0v) is 11.6. The van der Waals surface area contributed by atoms with Gasteiger partial charge in [0.2, 0.25) is 5.91 Å². The Morgan fingerprint density at radius 3 is 2.41 bits per heavy atom. The van der Waals surface area contributed by atoms with Crippen LogP contribution >= 0.6 is 11.8 Å². The molecule has 0 heterocycles. The van der Waals surface area contributed by atoms with Crippen molar-refractivity contribution in [2.45, 2.75) is 20.8 Å². The largest absolute Gasteiger partial charge is 0.481 e. The number of carboxylic acid groups (broad SMARTS) is 1. The average Bonchev–Trinajstić information content (AvgIpc) is 2.79. The summed E-state index contributed by atoms with van der Waals surface area (Å²) in [6.07, 6.45) is 2.03. The minimum Gasteiger partial charge on any atom is -0.481 e. The van der Waals surface area contributed by atoms with Crippen molar-refractivity contribution in [2.24, 2.45) is 23.2 Å². The van der Waals surface area contributed by atoms with Crippen LogP contribution in [0.25, 0.3) is 0 Å². The highest BCUT2D eigenvalue weighted by atomic mass is 32.2. The number of thioether (sulfide) groups is 1. The lowest BCUT2D eigenvalue weighted by molar-refractivity contribution is -0.140. The topological polar surface area (TPSA) is 66.4 Å². The van der Waals surface area contributed by atoms with E-state index in [0.29, 0.717) is 12.5 Å². The maximum absolute atomic E-state index is 11.9. The third-order valence-corrected chi connectivity index (χ3v) is 4.35. The van der Waals surface area contributed by atoms with E-state index in [0.717, 1.165) is 5.75 Å². The van der Waals surface area contributed by atoms with E-state index >= 15 is 0 Å². The standard InChI is InChI=1S/C12H21NO3S/c1-7(6-17-4)5-13-10(14)8-9(11(15)16)12(8,2)3/h7-9H,5-6H2,1-4H3,(H,13,14)(H,15,16). The number of hydrogen-bond acceptors (Lipinski definition) is 3. The molecule has 1 rings (SSSR count). The quantitative estimate of drug-likeness (QED) is 0.758. The maximum atomic E-state index is 11.9. The first-order valence-electron chi connectivity index (χ1n) is 5.81. The molecule has 1 fully saturated rings. The van der Waals surface area contributed by atoms with Gasteiger partial charge in [-0.2, -0.15) is 11.8 Å². The lowest BCUT2D eigenvalue weighted by atomic mass is 10.1. The second kappa shape index (κ2) is 5.29. The first-order valence-corrected chi connectivity index (χ1v) is 7.21. The molecule has 1 amide bonds. The van der Waals surface area contributed by atoms with Crippen molar-refractivity contribution < 1.29 is 14.7 Å². The van der Waals surface area contributed by atoms with Gasteiger partial charge in [-0.15, -0.1) is 0 Å². The minimum absolute atomic E-state index is 0.115. The molecule has 0 bridgehead atoms. The normalized spacial score (nSPS) is 27.3. The Balaban J connectivity index is 2.43. The van der Waals surface area contributed by atoms with E-state index in [-0.39, 0.29) is 11.8 Å². The van der Waals surface area contributed by atoms with E-state index in [1.807, 2.05) is 20.1 Å². The van der Waals surface area contributed by atoms with E-state index in [1.54, 1.807) is 11.8 Å². The van der Waals surface area contributed by atoms with Gasteiger partial charge in [-0.25, -0.2) is 0 Å². The summed E-state index contributed by atoms with van der Waals surface area (Å²) >= 11 is 1.75. The number of hydrogen-bond donors (Lipinski definition) is 2. The van der Waals surface area contributed by atoms with Gasteiger partial charge in [0.25, 0.3) is 0 Å². The Hall–Kier alpha value is -0.710. The third-order valence-electron chi connectivity index (χ3n) is 3.45. The Labute approximate surface area is 107 Å². The summed E-state index contributed by atoms with van der Waals surface area (Å²) < 4.78 is 0. The minimum atomic E-state index is -0.868. The predicted molar refractivity (Wildman–Crippen MR) is 69.0 cm³/mol. The van der Waals surface area contributed by atoms with E-state index in [9.17, 15) is 9.59 Å². The Kier molecular flexibility index (Phi) is 4.47. The number of carbonyl (C=O) groups excluding carboxylic acids is 1. The van der Waals surface area contributed by atoms with E-state index in [2.05, 4.69) is 12.2 Å². The van der Waals surface area contributed by atoms with Crippen LogP contribution in [-0.2, 0) is 9.59 Å². The molecular formula is C12H21NO3S. The first-order chi connectivity index (χ1) is 7.82. The first kappa shape index (κ1) is 14.4. The molecular weight excluding hydrogens is 238 g/mol. The van der Waals surface area contributed by atoms with Crippen molar-refractivity contribution in [2.75, 3.05) is 18.6 Å². The van der Waals surface area contributed by atoms with Gasteiger partial charge < -0.3 is 10.4 Å². The molecule has 17 heavy (non-hydrogen) atoms. The van der Waals surface area contributed by atoms with Crippen molar-refractivity contribution >= 4 is 23.6 Å². The predicted octanol–water partition coefficient (Wildman–Crippen LogP) is 1.46.